The Labute approximate surface area is 123 Å². The molecule has 0 fully saturated rings. The quantitative estimate of drug-likeness (QED) is 0.652. The van der Waals surface area contributed by atoms with E-state index in [2.05, 4.69) is 5.32 Å². The van der Waals surface area contributed by atoms with Crippen molar-refractivity contribution in [3.63, 3.8) is 0 Å². The maximum atomic E-state index is 13.8. The molecule has 1 aromatic heterocycles. The number of nitro benzene ring substituents is 1. The second kappa shape index (κ2) is 5.88. The molecule has 6 nitrogen and oxygen atoms in total. The van der Waals surface area contributed by atoms with Crippen LogP contribution in [0.15, 0.2) is 24.3 Å². The molecule has 1 heterocycles. The third-order valence-electron chi connectivity index (χ3n) is 2.76. The molecule has 0 aliphatic heterocycles. The highest BCUT2D eigenvalue weighted by Gasteiger charge is 2.23. The molecule has 2 N–H and O–H groups in total. The van der Waals surface area contributed by atoms with Gasteiger partial charge in [0, 0.05) is 16.3 Å². The molecule has 0 radical (unpaired) electrons. The summed E-state index contributed by atoms with van der Waals surface area (Å²) in [5.41, 5.74) is -1.40. The van der Waals surface area contributed by atoms with Gasteiger partial charge in [-0.2, -0.15) is 0 Å². The van der Waals surface area contributed by atoms with E-state index in [1.807, 2.05) is 19.1 Å². The van der Waals surface area contributed by atoms with Crippen molar-refractivity contribution in [2.24, 2.45) is 0 Å². The standard InChI is InChI=1S/C13H11FN2O4S/c1-7-2-3-8(21-7)6-15-11-4-9(13(17)18)12(16(19)20)5-10(11)14/h2-5,15H,6H2,1H3,(H,17,18). The Bertz CT molecular complexity index is 714. The van der Waals surface area contributed by atoms with Crippen molar-refractivity contribution in [2.45, 2.75) is 13.5 Å². The first-order chi connectivity index (χ1) is 9.88. The van der Waals surface area contributed by atoms with Gasteiger partial charge in [0.2, 0.25) is 0 Å². The van der Waals surface area contributed by atoms with Crippen LogP contribution < -0.4 is 5.32 Å². The molecule has 0 aliphatic carbocycles. The molecule has 0 bridgehead atoms. The number of carboxylic acid groups (broad SMARTS) is 1. The van der Waals surface area contributed by atoms with Gasteiger partial charge in [-0.3, -0.25) is 10.1 Å². The third kappa shape index (κ3) is 3.34. The summed E-state index contributed by atoms with van der Waals surface area (Å²) >= 11 is 1.52. The molecule has 0 atom stereocenters. The number of hydrogen-bond donors (Lipinski definition) is 2. The minimum Gasteiger partial charge on any atom is -0.477 e. The van der Waals surface area contributed by atoms with Crippen molar-refractivity contribution in [2.75, 3.05) is 5.32 Å². The van der Waals surface area contributed by atoms with Gasteiger partial charge < -0.3 is 10.4 Å². The average molecular weight is 310 g/mol. The van der Waals surface area contributed by atoms with E-state index in [0.29, 0.717) is 12.6 Å². The van der Waals surface area contributed by atoms with Gasteiger partial charge in [-0.1, -0.05) is 0 Å². The highest BCUT2D eigenvalue weighted by atomic mass is 32.1. The summed E-state index contributed by atoms with van der Waals surface area (Å²) in [4.78, 5) is 22.9. The zero-order valence-electron chi connectivity index (χ0n) is 10.9. The van der Waals surface area contributed by atoms with E-state index in [4.69, 9.17) is 5.11 Å². The number of aromatic carboxylic acids is 1. The lowest BCUT2D eigenvalue weighted by Gasteiger charge is -2.08. The van der Waals surface area contributed by atoms with Crippen LogP contribution in [0.1, 0.15) is 20.1 Å². The first-order valence-electron chi connectivity index (χ1n) is 5.89. The van der Waals surface area contributed by atoms with Crippen LogP contribution in [0, 0.1) is 22.9 Å². The molecule has 21 heavy (non-hydrogen) atoms. The summed E-state index contributed by atoms with van der Waals surface area (Å²) in [6, 6.07) is 5.34. The van der Waals surface area contributed by atoms with E-state index in [1.54, 1.807) is 0 Å². The maximum absolute atomic E-state index is 13.8. The van der Waals surface area contributed by atoms with E-state index in [9.17, 15) is 19.3 Å². The van der Waals surface area contributed by atoms with Crippen LogP contribution >= 0.6 is 11.3 Å². The van der Waals surface area contributed by atoms with E-state index in [1.165, 1.54) is 11.3 Å². The topological polar surface area (TPSA) is 92.5 Å². The largest absolute Gasteiger partial charge is 0.477 e. The van der Waals surface area contributed by atoms with E-state index in [0.717, 1.165) is 15.8 Å². The summed E-state index contributed by atoms with van der Waals surface area (Å²) < 4.78 is 13.8. The number of nitrogens with zero attached hydrogens (tertiary/aromatic N) is 1. The predicted molar refractivity (Wildman–Crippen MR) is 76.4 cm³/mol. The van der Waals surface area contributed by atoms with Crippen LogP contribution in [-0.4, -0.2) is 16.0 Å². The van der Waals surface area contributed by atoms with Crippen LogP contribution in [0.25, 0.3) is 0 Å². The number of halogens is 1. The number of nitro groups is 1. The highest BCUT2D eigenvalue weighted by Crippen LogP contribution is 2.27. The van der Waals surface area contributed by atoms with Crippen LogP contribution in [0.4, 0.5) is 15.8 Å². The van der Waals surface area contributed by atoms with Crippen molar-refractivity contribution in [1.29, 1.82) is 0 Å². The zero-order valence-corrected chi connectivity index (χ0v) is 11.7. The molecule has 0 spiro atoms. The minimum absolute atomic E-state index is 0.0796. The molecule has 8 heteroatoms. The van der Waals surface area contributed by atoms with E-state index < -0.39 is 28.0 Å². The number of rotatable bonds is 5. The predicted octanol–water partition coefficient (Wildman–Crippen LogP) is 3.41. The van der Waals surface area contributed by atoms with Crippen LogP contribution in [0.5, 0.6) is 0 Å². The summed E-state index contributed by atoms with van der Waals surface area (Å²) in [7, 11) is 0. The monoisotopic (exact) mass is 310 g/mol. The second-order valence-electron chi connectivity index (χ2n) is 4.28. The first-order valence-corrected chi connectivity index (χ1v) is 6.70. The molecule has 0 aliphatic rings. The van der Waals surface area contributed by atoms with E-state index >= 15 is 0 Å². The molecule has 1 aromatic carbocycles. The maximum Gasteiger partial charge on any atom is 0.342 e. The number of aryl methyl sites for hydroxylation is 1. The number of benzene rings is 1. The zero-order chi connectivity index (χ0) is 15.6. The van der Waals surface area contributed by atoms with Gasteiger partial charge in [0.05, 0.1) is 16.7 Å². The molecule has 0 saturated carbocycles. The smallest absolute Gasteiger partial charge is 0.342 e. The normalized spacial score (nSPS) is 10.4. The van der Waals surface area contributed by atoms with Crippen LogP contribution in [0.2, 0.25) is 0 Å². The molecular formula is C13H11FN2O4S. The number of thiophene rings is 1. The van der Waals surface area contributed by atoms with Crippen molar-refractivity contribution in [3.8, 4) is 0 Å². The lowest BCUT2D eigenvalue weighted by atomic mass is 10.1. The van der Waals surface area contributed by atoms with Crippen LogP contribution in [-0.2, 0) is 6.54 Å². The van der Waals surface area contributed by atoms with Gasteiger partial charge >= 0.3 is 5.97 Å². The number of carbonyl (C=O) groups is 1. The summed E-state index contributed by atoms with van der Waals surface area (Å²) in [6.07, 6.45) is 0. The molecule has 110 valence electrons. The van der Waals surface area contributed by atoms with Crippen molar-refractivity contribution in [3.05, 3.63) is 55.5 Å². The number of hydrogen-bond acceptors (Lipinski definition) is 5. The fraction of sp³-hybridized carbons (Fsp3) is 0.154. The lowest BCUT2D eigenvalue weighted by molar-refractivity contribution is -0.385. The van der Waals surface area contributed by atoms with E-state index in [-0.39, 0.29) is 5.69 Å². The Hall–Kier alpha value is -2.48. The van der Waals surface area contributed by atoms with Gasteiger partial charge in [0.1, 0.15) is 5.56 Å². The minimum atomic E-state index is -1.48. The Morgan fingerprint density at radius 1 is 1.48 bits per heavy atom. The Kier molecular flexibility index (Phi) is 4.18. The SMILES string of the molecule is Cc1ccc(CNc2cc(C(=O)O)c([N+](=O)[O-])cc2F)s1. The van der Waals surface area contributed by atoms with Crippen LogP contribution in [0.3, 0.4) is 0 Å². The Morgan fingerprint density at radius 2 is 2.19 bits per heavy atom. The summed E-state index contributed by atoms with van der Waals surface area (Å²) in [5, 5.41) is 22.4. The fourth-order valence-corrected chi connectivity index (χ4v) is 2.61. The highest BCUT2D eigenvalue weighted by molar-refractivity contribution is 7.11. The molecule has 0 saturated heterocycles. The third-order valence-corrected chi connectivity index (χ3v) is 3.76. The number of nitrogens with one attached hydrogen (secondary N) is 1. The molecular weight excluding hydrogens is 299 g/mol. The Balaban J connectivity index is 2.29. The first kappa shape index (κ1) is 14.9. The van der Waals surface area contributed by atoms with Crippen molar-refractivity contribution in [1.82, 2.24) is 0 Å². The molecule has 2 aromatic rings. The molecule has 2 rings (SSSR count). The summed E-state index contributed by atoms with van der Waals surface area (Å²) in [6.45, 7) is 2.25. The molecule has 0 amide bonds. The molecule has 0 unspecified atom stereocenters. The average Bonchev–Trinajstić information content (AvgIpc) is 2.82. The second-order valence-corrected chi connectivity index (χ2v) is 5.65. The van der Waals surface area contributed by atoms with Gasteiger partial charge in [-0.05, 0) is 25.1 Å². The summed E-state index contributed by atoms with van der Waals surface area (Å²) in [5.74, 6) is -2.34. The lowest BCUT2D eigenvalue weighted by Crippen LogP contribution is -2.07. The van der Waals surface area contributed by atoms with Crippen molar-refractivity contribution < 1.29 is 19.2 Å². The fourth-order valence-electron chi connectivity index (χ4n) is 1.78. The van der Waals surface area contributed by atoms with Gasteiger partial charge in [0.15, 0.2) is 5.82 Å². The number of anilines is 1. The van der Waals surface area contributed by atoms with Gasteiger partial charge in [-0.15, -0.1) is 11.3 Å². The Morgan fingerprint density at radius 3 is 2.71 bits per heavy atom. The van der Waals surface area contributed by atoms with Gasteiger partial charge in [0.25, 0.3) is 5.69 Å². The van der Waals surface area contributed by atoms with Crippen molar-refractivity contribution >= 4 is 28.7 Å². The number of carboxylic acids is 1. The van der Waals surface area contributed by atoms with Gasteiger partial charge in [-0.25, -0.2) is 9.18 Å².